The lowest BCUT2D eigenvalue weighted by Gasteiger charge is -2.40. The predicted molar refractivity (Wildman–Crippen MR) is 109 cm³/mol. The van der Waals surface area contributed by atoms with Crippen LogP contribution in [-0.2, 0) is 20.3 Å². The lowest BCUT2D eigenvalue weighted by molar-refractivity contribution is -0.157. The number of carbonyl (C=O) groups excluding carboxylic acids is 2. The van der Waals surface area contributed by atoms with E-state index in [4.69, 9.17) is 21.1 Å². The number of methoxy groups -OCH3 is 2. The zero-order chi connectivity index (χ0) is 23.1. The number of ether oxygens (including phenoxy) is 2. The fraction of sp³-hybridized carbons (Fsp3) is 0.444. The molecule has 3 rings (SSSR count). The van der Waals surface area contributed by atoms with Gasteiger partial charge in [-0.1, -0.05) is 11.6 Å². The zero-order valence-corrected chi connectivity index (χ0v) is 18.3. The van der Waals surface area contributed by atoms with Crippen molar-refractivity contribution in [2.75, 3.05) is 14.2 Å². The molecule has 4 atom stereocenters. The normalized spacial score (nSPS) is 22.4. The van der Waals surface area contributed by atoms with E-state index >= 15 is 0 Å². The third-order valence-electron chi connectivity index (χ3n) is 5.37. The first kappa shape index (κ1) is 22.8. The Morgan fingerprint density at radius 2 is 2.06 bits per heavy atom. The largest absolute Gasteiger partial charge is 0.493 e. The van der Waals surface area contributed by atoms with Gasteiger partial charge in [-0.2, -0.15) is 5.10 Å². The van der Waals surface area contributed by atoms with E-state index in [9.17, 15) is 27.9 Å². The van der Waals surface area contributed by atoms with Crippen molar-refractivity contribution in [2.24, 2.45) is 11.0 Å². The highest BCUT2D eigenvalue weighted by molar-refractivity contribution is 7.75. The Balaban J connectivity index is 1.84. The number of halogens is 1. The summed E-state index contributed by atoms with van der Waals surface area (Å²) >= 11 is 6.17. The first-order valence-corrected chi connectivity index (χ1v) is 10.6. The summed E-state index contributed by atoms with van der Waals surface area (Å²) in [6.07, 6.45) is 1.30. The quantitative estimate of drug-likeness (QED) is 0.198. The van der Waals surface area contributed by atoms with Gasteiger partial charge in [-0.05, 0) is 25.5 Å². The van der Waals surface area contributed by atoms with Crippen LogP contribution >= 0.6 is 11.6 Å². The number of fused-ring (bicyclic) bond motifs is 1. The molecule has 168 valence electrons. The van der Waals surface area contributed by atoms with E-state index in [0.717, 1.165) is 18.0 Å². The van der Waals surface area contributed by atoms with Crippen LogP contribution in [0.2, 0.25) is 5.02 Å². The molecule has 2 N–H and O–H groups in total. The van der Waals surface area contributed by atoms with E-state index in [1.807, 2.05) is 0 Å². The van der Waals surface area contributed by atoms with Crippen LogP contribution in [-0.4, -0.2) is 73.5 Å². The summed E-state index contributed by atoms with van der Waals surface area (Å²) in [6.45, 7) is 1.12. The molecular formula is C18H20ClN3O8S. The maximum Gasteiger partial charge on any atom is 0.328 e. The molecule has 1 aromatic rings. The number of nitrogens with zero attached hydrogens (tertiary/aromatic N) is 2. The second-order valence-electron chi connectivity index (χ2n) is 7.24. The number of benzene rings is 1. The molecule has 1 aliphatic heterocycles. The molecule has 11 nitrogen and oxygen atoms in total. The zero-order valence-electron chi connectivity index (χ0n) is 16.7. The average molecular weight is 474 g/mol. The van der Waals surface area contributed by atoms with E-state index in [2.05, 4.69) is 10.5 Å². The van der Waals surface area contributed by atoms with Crippen LogP contribution in [0, 0.1) is 5.92 Å². The fourth-order valence-corrected chi connectivity index (χ4v) is 4.47. The van der Waals surface area contributed by atoms with Gasteiger partial charge in [0.2, 0.25) is 5.91 Å². The smallest absolute Gasteiger partial charge is 0.328 e. The van der Waals surface area contributed by atoms with Gasteiger partial charge in [0.25, 0.3) is 5.91 Å². The van der Waals surface area contributed by atoms with Crippen molar-refractivity contribution < 1.29 is 37.4 Å². The SMILES string of the molecule is COc1ccc(C(=O)N/N=C/C(C)([C@H](C(=O)O)N2C(=O)C3C[C@H]32)[SH](=O)=O)c(Cl)c1OC. The number of hydrogen-bond acceptors (Lipinski definition) is 8. The molecule has 1 aliphatic carbocycles. The van der Waals surface area contributed by atoms with Crippen molar-refractivity contribution in [2.45, 2.75) is 30.2 Å². The molecule has 13 heteroatoms. The number of β-lactam (4-membered cyclic amide) rings is 1. The Labute approximate surface area is 183 Å². The lowest BCUT2D eigenvalue weighted by Crippen LogP contribution is -2.64. The van der Waals surface area contributed by atoms with Crippen LogP contribution in [0.15, 0.2) is 17.2 Å². The summed E-state index contributed by atoms with van der Waals surface area (Å²) in [5, 5.41) is 13.2. The van der Waals surface area contributed by atoms with Crippen LogP contribution in [0.3, 0.4) is 0 Å². The van der Waals surface area contributed by atoms with Gasteiger partial charge < -0.3 is 19.5 Å². The van der Waals surface area contributed by atoms with E-state index < -0.39 is 39.3 Å². The Hall–Kier alpha value is -2.86. The van der Waals surface area contributed by atoms with Crippen LogP contribution in [0.25, 0.3) is 0 Å². The van der Waals surface area contributed by atoms with Gasteiger partial charge in [-0.3, -0.25) is 9.59 Å². The number of aliphatic carboxylic acids is 1. The number of amides is 2. The van der Waals surface area contributed by atoms with Gasteiger partial charge in [0, 0.05) is 12.3 Å². The number of rotatable bonds is 9. The number of thiol groups is 1. The van der Waals surface area contributed by atoms with Gasteiger partial charge in [0.05, 0.1) is 30.7 Å². The molecule has 2 fully saturated rings. The molecule has 0 spiro atoms. The van der Waals surface area contributed by atoms with Crippen molar-refractivity contribution in [3.63, 3.8) is 0 Å². The molecule has 1 heterocycles. The number of carbonyl (C=O) groups is 3. The molecule has 0 aromatic heterocycles. The molecule has 31 heavy (non-hydrogen) atoms. The predicted octanol–water partition coefficient (Wildman–Crippen LogP) is 0.127. The number of likely N-dealkylation sites (tertiary alicyclic amines) is 1. The molecule has 1 saturated carbocycles. The minimum atomic E-state index is -3.39. The molecule has 2 aliphatic rings. The summed E-state index contributed by atoms with van der Waals surface area (Å²) < 4.78 is 32.1. The Morgan fingerprint density at radius 3 is 2.55 bits per heavy atom. The van der Waals surface area contributed by atoms with Gasteiger partial charge in [-0.15, -0.1) is 0 Å². The van der Waals surface area contributed by atoms with E-state index in [0.29, 0.717) is 12.2 Å². The van der Waals surface area contributed by atoms with E-state index in [1.165, 1.54) is 26.4 Å². The van der Waals surface area contributed by atoms with Crippen molar-refractivity contribution >= 4 is 46.3 Å². The third kappa shape index (κ3) is 3.81. The monoisotopic (exact) mass is 473 g/mol. The summed E-state index contributed by atoms with van der Waals surface area (Å²) in [4.78, 5) is 37.4. The van der Waals surface area contributed by atoms with Crippen LogP contribution < -0.4 is 14.9 Å². The average Bonchev–Trinajstić information content (AvgIpc) is 3.46. The van der Waals surface area contributed by atoms with Gasteiger partial charge >= 0.3 is 5.97 Å². The van der Waals surface area contributed by atoms with Crippen LogP contribution in [0.1, 0.15) is 23.7 Å². The molecule has 0 radical (unpaired) electrons. The Kier molecular flexibility index (Phi) is 6.14. The van der Waals surface area contributed by atoms with Gasteiger partial charge in [0.15, 0.2) is 28.2 Å². The number of carboxylic acid groups (broad SMARTS) is 1. The molecule has 2 unspecified atom stereocenters. The summed E-state index contributed by atoms with van der Waals surface area (Å²) in [5.41, 5.74) is 2.10. The number of carboxylic acids is 1. The first-order valence-electron chi connectivity index (χ1n) is 9.03. The maximum atomic E-state index is 12.5. The first-order chi connectivity index (χ1) is 14.6. The highest BCUT2D eigenvalue weighted by Crippen LogP contribution is 2.50. The minimum Gasteiger partial charge on any atom is -0.493 e. The molecule has 1 saturated heterocycles. The number of nitrogens with one attached hydrogen (secondary N) is 1. The van der Waals surface area contributed by atoms with Gasteiger partial charge in [0.1, 0.15) is 4.75 Å². The van der Waals surface area contributed by atoms with Crippen molar-refractivity contribution in [3.8, 4) is 11.5 Å². The molecule has 1 aromatic carbocycles. The number of hydrazone groups is 1. The Morgan fingerprint density at radius 1 is 1.39 bits per heavy atom. The van der Waals surface area contributed by atoms with E-state index in [-0.39, 0.29) is 28.3 Å². The molecular weight excluding hydrogens is 454 g/mol. The molecule has 2 amide bonds. The van der Waals surface area contributed by atoms with Crippen molar-refractivity contribution in [1.29, 1.82) is 0 Å². The molecule has 0 bridgehead atoms. The van der Waals surface area contributed by atoms with E-state index in [1.54, 1.807) is 0 Å². The number of hydrogen-bond donors (Lipinski definition) is 3. The van der Waals surface area contributed by atoms with Crippen molar-refractivity contribution in [3.05, 3.63) is 22.7 Å². The maximum absolute atomic E-state index is 12.5. The topological polar surface area (TPSA) is 152 Å². The summed E-state index contributed by atoms with van der Waals surface area (Å²) in [7, 11) is -0.647. The Bertz CT molecular complexity index is 1050. The second-order valence-corrected chi connectivity index (χ2v) is 9.10. The van der Waals surface area contributed by atoms with Crippen LogP contribution in [0.4, 0.5) is 0 Å². The highest BCUT2D eigenvalue weighted by atomic mass is 35.5. The minimum absolute atomic E-state index is 0.0294. The highest BCUT2D eigenvalue weighted by Gasteiger charge is 2.66. The fourth-order valence-electron chi connectivity index (χ4n) is 3.56. The lowest BCUT2D eigenvalue weighted by atomic mass is 9.97. The van der Waals surface area contributed by atoms with Gasteiger partial charge in [-0.25, -0.2) is 18.6 Å². The third-order valence-corrected chi connectivity index (χ3v) is 6.89. The van der Waals surface area contributed by atoms with Crippen LogP contribution in [0.5, 0.6) is 11.5 Å². The van der Waals surface area contributed by atoms with Crippen molar-refractivity contribution in [1.82, 2.24) is 10.3 Å². The second kappa shape index (κ2) is 8.35. The standard InChI is InChI=1S/C18H20ClN3O8S/c1-18(31(27)28,14(17(25)26)22-10-6-9(10)16(22)24)7-20-21-15(23)8-4-5-11(29-2)13(30-3)12(8)19/h4-5,7,9-10,14,31H,6H2,1-3H3,(H,21,23)(H,25,26)/b20-7+/t9?,10-,14+,18?/m1/s1. The summed E-state index contributed by atoms with van der Waals surface area (Å²) in [6, 6.07) is 0.851. The summed E-state index contributed by atoms with van der Waals surface area (Å²) in [5.74, 6) is -2.50.